The summed E-state index contributed by atoms with van der Waals surface area (Å²) in [6.07, 6.45) is 2.43. The fraction of sp³-hybridized carbons (Fsp3) is 0.304. The molecule has 4 nitrogen and oxygen atoms in total. The van der Waals surface area contributed by atoms with Gasteiger partial charge in [0.1, 0.15) is 5.82 Å². The summed E-state index contributed by atoms with van der Waals surface area (Å²) in [5.41, 5.74) is 3.41. The lowest BCUT2D eigenvalue weighted by atomic mass is 9.99. The van der Waals surface area contributed by atoms with Gasteiger partial charge in [-0.25, -0.2) is 4.98 Å². The molecular weight excluding hydrogens is 370 g/mol. The van der Waals surface area contributed by atoms with Crippen LogP contribution >= 0.6 is 11.6 Å². The number of pyridine rings is 1. The number of hydrogen-bond acceptors (Lipinski definition) is 3. The van der Waals surface area contributed by atoms with Crippen LogP contribution in [-0.4, -0.2) is 24.0 Å². The largest absolute Gasteiger partial charge is 0.357 e. The second kappa shape index (κ2) is 7.80. The third kappa shape index (κ3) is 3.97. The molecule has 1 saturated heterocycles. The molecule has 0 radical (unpaired) electrons. The zero-order valence-corrected chi connectivity index (χ0v) is 17.0. The van der Waals surface area contributed by atoms with E-state index in [1.807, 2.05) is 18.2 Å². The summed E-state index contributed by atoms with van der Waals surface area (Å²) in [7, 11) is 0. The number of carbonyl (C=O) groups excluding carboxylic acids is 1. The molecule has 1 fully saturated rings. The molecule has 1 aliphatic rings. The fourth-order valence-corrected chi connectivity index (χ4v) is 3.88. The Morgan fingerprint density at radius 1 is 1.14 bits per heavy atom. The average Bonchev–Trinajstić information content (AvgIpc) is 2.69. The number of amides is 1. The maximum atomic E-state index is 12.5. The summed E-state index contributed by atoms with van der Waals surface area (Å²) in [6.45, 7) is 6.54. The number of rotatable bonds is 3. The molecule has 0 spiro atoms. The van der Waals surface area contributed by atoms with Crippen LogP contribution in [0.3, 0.4) is 0 Å². The number of piperidine rings is 1. The van der Waals surface area contributed by atoms with Crippen LogP contribution in [0.5, 0.6) is 0 Å². The van der Waals surface area contributed by atoms with E-state index in [1.165, 1.54) is 12.8 Å². The quantitative estimate of drug-likeness (QED) is 0.622. The number of halogens is 1. The third-order valence-electron chi connectivity index (χ3n) is 5.45. The van der Waals surface area contributed by atoms with E-state index in [4.69, 9.17) is 16.6 Å². The number of nitrogens with one attached hydrogen (secondary N) is 1. The second-order valence-corrected chi connectivity index (χ2v) is 8.10. The van der Waals surface area contributed by atoms with Gasteiger partial charge in [0.15, 0.2) is 0 Å². The van der Waals surface area contributed by atoms with Crippen molar-refractivity contribution in [2.24, 2.45) is 5.92 Å². The van der Waals surface area contributed by atoms with Crippen molar-refractivity contribution in [3.63, 3.8) is 0 Å². The smallest absolute Gasteiger partial charge is 0.255 e. The van der Waals surface area contributed by atoms with Crippen molar-refractivity contribution < 1.29 is 4.79 Å². The van der Waals surface area contributed by atoms with E-state index >= 15 is 0 Å². The highest BCUT2D eigenvalue weighted by Gasteiger charge is 2.18. The van der Waals surface area contributed by atoms with Crippen molar-refractivity contribution in [2.75, 3.05) is 23.3 Å². The van der Waals surface area contributed by atoms with Gasteiger partial charge in [-0.1, -0.05) is 24.6 Å². The Morgan fingerprint density at radius 3 is 2.68 bits per heavy atom. The van der Waals surface area contributed by atoms with Crippen LogP contribution in [-0.2, 0) is 0 Å². The van der Waals surface area contributed by atoms with Gasteiger partial charge >= 0.3 is 0 Å². The third-order valence-corrected chi connectivity index (χ3v) is 5.69. The number of aryl methyl sites for hydroxylation is 1. The maximum absolute atomic E-state index is 12.5. The number of benzene rings is 2. The fourth-order valence-electron chi connectivity index (χ4n) is 3.69. The molecule has 0 bridgehead atoms. The minimum absolute atomic E-state index is 0.175. The molecule has 5 heteroatoms. The van der Waals surface area contributed by atoms with Gasteiger partial charge < -0.3 is 10.2 Å². The van der Waals surface area contributed by atoms with E-state index < -0.39 is 0 Å². The molecule has 4 rings (SSSR count). The molecule has 0 saturated carbocycles. The van der Waals surface area contributed by atoms with Crippen LogP contribution < -0.4 is 10.2 Å². The first-order chi connectivity index (χ1) is 13.5. The van der Waals surface area contributed by atoms with Gasteiger partial charge in [0, 0.05) is 34.7 Å². The lowest BCUT2D eigenvalue weighted by Crippen LogP contribution is -2.33. The molecule has 1 aromatic heterocycles. The van der Waals surface area contributed by atoms with Crippen molar-refractivity contribution >= 4 is 39.9 Å². The van der Waals surface area contributed by atoms with Crippen molar-refractivity contribution in [2.45, 2.75) is 26.7 Å². The van der Waals surface area contributed by atoms with Crippen LogP contribution in [0.2, 0.25) is 5.02 Å². The molecule has 2 heterocycles. The van der Waals surface area contributed by atoms with E-state index in [0.717, 1.165) is 47.0 Å². The molecule has 0 unspecified atom stereocenters. The van der Waals surface area contributed by atoms with Crippen LogP contribution in [0, 0.1) is 12.8 Å². The minimum Gasteiger partial charge on any atom is -0.357 e. The molecule has 28 heavy (non-hydrogen) atoms. The van der Waals surface area contributed by atoms with Crippen LogP contribution in [0.25, 0.3) is 10.9 Å². The summed E-state index contributed by atoms with van der Waals surface area (Å²) in [5.74, 6) is 1.67. The zero-order chi connectivity index (χ0) is 19.7. The summed E-state index contributed by atoms with van der Waals surface area (Å²) >= 11 is 5.99. The minimum atomic E-state index is -0.175. The van der Waals surface area contributed by atoms with Crippen LogP contribution in [0.1, 0.15) is 35.7 Å². The topological polar surface area (TPSA) is 45.2 Å². The Hall–Kier alpha value is -2.59. The summed E-state index contributed by atoms with van der Waals surface area (Å²) in [4.78, 5) is 19.7. The van der Waals surface area contributed by atoms with Gasteiger partial charge in [-0.15, -0.1) is 0 Å². The highest BCUT2D eigenvalue weighted by atomic mass is 35.5. The monoisotopic (exact) mass is 393 g/mol. The van der Waals surface area contributed by atoms with E-state index in [0.29, 0.717) is 10.6 Å². The lowest BCUT2D eigenvalue weighted by Gasteiger charge is -2.31. The van der Waals surface area contributed by atoms with Crippen molar-refractivity contribution in [1.82, 2.24) is 4.98 Å². The van der Waals surface area contributed by atoms with Gasteiger partial charge in [-0.05, 0) is 73.7 Å². The molecule has 2 aromatic carbocycles. The van der Waals surface area contributed by atoms with Crippen LogP contribution in [0.15, 0.2) is 48.5 Å². The predicted octanol–water partition coefficient (Wildman–Crippen LogP) is 5.69. The normalized spacial score (nSPS) is 15.0. The number of anilines is 2. The Labute approximate surface area is 170 Å². The van der Waals surface area contributed by atoms with E-state index in [9.17, 15) is 4.79 Å². The van der Waals surface area contributed by atoms with Crippen LogP contribution in [0.4, 0.5) is 11.5 Å². The van der Waals surface area contributed by atoms with E-state index in [1.54, 1.807) is 24.3 Å². The first kappa shape index (κ1) is 18.8. The molecule has 0 aliphatic carbocycles. The van der Waals surface area contributed by atoms with Crippen molar-refractivity contribution in [1.29, 1.82) is 0 Å². The Bertz CT molecular complexity index is 1030. The second-order valence-electron chi connectivity index (χ2n) is 7.66. The summed E-state index contributed by atoms with van der Waals surface area (Å²) in [5, 5.41) is 4.55. The average molecular weight is 394 g/mol. The van der Waals surface area contributed by atoms with Gasteiger partial charge in [-0.2, -0.15) is 0 Å². The van der Waals surface area contributed by atoms with Gasteiger partial charge in [0.25, 0.3) is 5.91 Å². The summed E-state index contributed by atoms with van der Waals surface area (Å²) in [6, 6.07) is 15.0. The molecule has 1 N–H and O–H groups in total. The highest BCUT2D eigenvalue weighted by Crippen LogP contribution is 2.28. The molecule has 144 valence electrons. The van der Waals surface area contributed by atoms with Gasteiger partial charge in [0.05, 0.1) is 5.52 Å². The standard InChI is InChI=1S/C23H24ClN3O/c1-15-8-10-27(11-9-15)22-12-16(2)20-14-19(6-7-21(20)26-22)25-23(28)17-4-3-5-18(24)13-17/h3-7,12-15H,8-11H2,1-2H3,(H,25,28). The lowest BCUT2D eigenvalue weighted by molar-refractivity contribution is 0.102. The van der Waals surface area contributed by atoms with E-state index in [-0.39, 0.29) is 5.91 Å². The molecular formula is C23H24ClN3O. The number of nitrogens with zero attached hydrogens (tertiary/aromatic N) is 2. The number of aromatic nitrogens is 1. The Balaban J connectivity index is 1.58. The molecule has 0 atom stereocenters. The first-order valence-corrected chi connectivity index (χ1v) is 10.1. The zero-order valence-electron chi connectivity index (χ0n) is 16.2. The molecule has 3 aromatic rings. The SMILES string of the molecule is Cc1cc(N2CCC(C)CC2)nc2ccc(NC(=O)c3cccc(Cl)c3)cc12. The number of carbonyl (C=O) groups is 1. The first-order valence-electron chi connectivity index (χ1n) is 9.73. The predicted molar refractivity (Wildman–Crippen MR) is 116 cm³/mol. The number of fused-ring (bicyclic) bond motifs is 1. The summed E-state index contributed by atoms with van der Waals surface area (Å²) < 4.78 is 0. The van der Waals surface area contributed by atoms with Crippen molar-refractivity contribution in [3.8, 4) is 0 Å². The highest BCUT2D eigenvalue weighted by molar-refractivity contribution is 6.31. The van der Waals surface area contributed by atoms with Crippen molar-refractivity contribution in [3.05, 3.63) is 64.7 Å². The Morgan fingerprint density at radius 2 is 1.93 bits per heavy atom. The van der Waals surface area contributed by atoms with Gasteiger partial charge in [-0.3, -0.25) is 4.79 Å². The van der Waals surface area contributed by atoms with Gasteiger partial charge in [0.2, 0.25) is 0 Å². The molecule has 1 aliphatic heterocycles. The Kier molecular flexibility index (Phi) is 5.23. The molecule has 1 amide bonds. The van der Waals surface area contributed by atoms with E-state index in [2.05, 4.69) is 30.1 Å². The maximum Gasteiger partial charge on any atom is 0.255 e. The number of hydrogen-bond donors (Lipinski definition) is 1.